The highest BCUT2D eigenvalue weighted by atomic mass is 16.3. The normalized spacial score (nSPS) is 18.0. The molecule has 0 spiro atoms. The number of rotatable bonds is 6. The van der Waals surface area contributed by atoms with Crippen molar-refractivity contribution in [2.45, 2.75) is 31.7 Å². The van der Waals surface area contributed by atoms with Gasteiger partial charge >= 0.3 is 0 Å². The number of likely N-dealkylation sites (tertiary alicyclic amines) is 1. The second-order valence-electron chi connectivity index (χ2n) is 6.58. The Morgan fingerprint density at radius 2 is 1.84 bits per heavy atom. The average molecular weight is 338 g/mol. The van der Waals surface area contributed by atoms with E-state index in [0.717, 1.165) is 36.2 Å². The van der Waals surface area contributed by atoms with E-state index in [0.29, 0.717) is 13.0 Å². The van der Waals surface area contributed by atoms with Gasteiger partial charge in [-0.3, -0.25) is 9.69 Å². The zero-order valence-electron chi connectivity index (χ0n) is 14.5. The number of hydrogen-bond acceptors (Lipinski definition) is 3. The Morgan fingerprint density at radius 1 is 1.08 bits per heavy atom. The lowest BCUT2D eigenvalue weighted by Gasteiger charge is -2.34. The van der Waals surface area contributed by atoms with Crippen molar-refractivity contribution in [1.29, 1.82) is 0 Å². The van der Waals surface area contributed by atoms with E-state index in [-0.39, 0.29) is 18.6 Å². The molecule has 25 heavy (non-hydrogen) atoms. The summed E-state index contributed by atoms with van der Waals surface area (Å²) < 4.78 is 0. The maximum Gasteiger partial charge on any atom is 0.225 e. The van der Waals surface area contributed by atoms with Gasteiger partial charge in [0.15, 0.2) is 0 Å². The monoisotopic (exact) mass is 338 g/mol. The number of para-hydroxylation sites is 1. The Kier molecular flexibility index (Phi) is 6.20. The second-order valence-corrected chi connectivity index (χ2v) is 6.58. The van der Waals surface area contributed by atoms with Crippen molar-refractivity contribution < 1.29 is 9.90 Å². The van der Waals surface area contributed by atoms with Gasteiger partial charge in [0.1, 0.15) is 0 Å². The van der Waals surface area contributed by atoms with E-state index in [1.165, 1.54) is 6.42 Å². The van der Waals surface area contributed by atoms with Crippen LogP contribution in [0.3, 0.4) is 0 Å². The number of carbonyl (C=O) groups is 1. The maximum atomic E-state index is 12.4. The van der Waals surface area contributed by atoms with Crippen LogP contribution >= 0.6 is 0 Å². The Labute approximate surface area is 149 Å². The molecule has 132 valence electrons. The molecule has 0 saturated carbocycles. The predicted octanol–water partition coefficient (Wildman–Crippen LogP) is 3.53. The van der Waals surface area contributed by atoms with Gasteiger partial charge in [0.05, 0.1) is 6.61 Å². The van der Waals surface area contributed by atoms with Gasteiger partial charge in [-0.15, -0.1) is 0 Å². The molecule has 0 radical (unpaired) electrons. The maximum absolute atomic E-state index is 12.4. The number of nitrogens with one attached hydrogen (secondary N) is 1. The molecule has 4 nitrogen and oxygen atoms in total. The lowest BCUT2D eigenvalue weighted by atomic mass is 10.0. The van der Waals surface area contributed by atoms with Crippen LogP contribution in [-0.4, -0.2) is 41.7 Å². The highest BCUT2D eigenvalue weighted by Gasteiger charge is 2.22. The number of amides is 1. The molecule has 1 atom stereocenters. The second kappa shape index (κ2) is 8.79. The Morgan fingerprint density at radius 3 is 2.64 bits per heavy atom. The van der Waals surface area contributed by atoms with Crippen molar-refractivity contribution in [3.05, 3.63) is 54.6 Å². The van der Waals surface area contributed by atoms with E-state index in [2.05, 4.69) is 10.2 Å². The van der Waals surface area contributed by atoms with Crippen LogP contribution in [0.5, 0.6) is 0 Å². The number of aliphatic hydroxyl groups excluding tert-OH is 1. The topological polar surface area (TPSA) is 52.6 Å². The van der Waals surface area contributed by atoms with Crippen molar-refractivity contribution in [3.63, 3.8) is 0 Å². The van der Waals surface area contributed by atoms with Crippen LogP contribution in [0.4, 0.5) is 5.69 Å². The zero-order chi connectivity index (χ0) is 17.5. The van der Waals surface area contributed by atoms with Gasteiger partial charge in [-0.25, -0.2) is 0 Å². The molecular formula is C21H26N2O2. The number of benzene rings is 2. The van der Waals surface area contributed by atoms with Gasteiger partial charge in [-0.1, -0.05) is 55.0 Å². The number of piperidine rings is 1. The molecule has 1 heterocycles. The first-order chi connectivity index (χ1) is 12.3. The fourth-order valence-electron chi connectivity index (χ4n) is 3.48. The lowest BCUT2D eigenvalue weighted by Crippen LogP contribution is -2.43. The Hall–Kier alpha value is -2.17. The number of aliphatic hydroxyl groups is 1. The van der Waals surface area contributed by atoms with Gasteiger partial charge in [-0.05, 0) is 31.0 Å². The highest BCUT2D eigenvalue weighted by molar-refractivity contribution is 5.95. The highest BCUT2D eigenvalue weighted by Crippen LogP contribution is 2.27. The summed E-state index contributed by atoms with van der Waals surface area (Å²) in [5.74, 6) is 0.0191. The molecule has 0 aromatic heterocycles. The molecule has 1 amide bonds. The quantitative estimate of drug-likeness (QED) is 0.847. The van der Waals surface area contributed by atoms with Crippen LogP contribution in [0.25, 0.3) is 11.1 Å². The molecule has 2 aromatic rings. The first-order valence-corrected chi connectivity index (χ1v) is 9.07. The fraction of sp³-hybridized carbons (Fsp3) is 0.381. The van der Waals surface area contributed by atoms with Crippen LogP contribution in [0, 0.1) is 0 Å². The molecule has 1 saturated heterocycles. The number of anilines is 1. The average Bonchev–Trinajstić information content (AvgIpc) is 2.67. The lowest BCUT2D eigenvalue weighted by molar-refractivity contribution is -0.116. The summed E-state index contributed by atoms with van der Waals surface area (Å²) in [5, 5.41) is 12.5. The summed E-state index contributed by atoms with van der Waals surface area (Å²) in [5.41, 5.74) is 2.97. The van der Waals surface area contributed by atoms with Crippen LogP contribution < -0.4 is 5.32 Å². The molecule has 1 aliphatic rings. The van der Waals surface area contributed by atoms with Gasteiger partial charge in [-0.2, -0.15) is 0 Å². The third-order valence-corrected chi connectivity index (χ3v) is 4.87. The van der Waals surface area contributed by atoms with Crippen molar-refractivity contribution >= 4 is 11.6 Å². The third kappa shape index (κ3) is 4.68. The molecular weight excluding hydrogens is 312 g/mol. The molecule has 3 rings (SSSR count). The van der Waals surface area contributed by atoms with E-state index in [9.17, 15) is 9.90 Å². The molecule has 1 aliphatic heterocycles. The first kappa shape index (κ1) is 17.6. The van der Waals surface area contributed by atoms with Crippen molar-refractivity contribution in [2.24, 2.45) is 0 Å². The summed E-state index contributed by atoms with van der Waals surface area (Å²) >= 11 is 0. The summed E-state index contributed by atoms with van der Waals surface area (Å²) in [6.45, 7) is 1.85. The fourth-order valence-corrected chi connectivity index (χ4v) is 3.48. The van der Waals surface area contributed by atoms with Crippen LogP contribution in [-0.2, 0) is 4.79 Å². The van der Waals surface area contributed by atoms with E-state index >= 15 is 0 Å². The van der Waals surface area contributed by atoms with E-state index in [1.807, 2.05) is 54.6 Å². The van der Waals surface area contributed by atoms with E-state index in [4.69, 9.17) is 0 Å². The summed E-state index contributed by atoms with van der Waals surface area (Å²) in [6.07, 6.45) is 3.78. The number of hydrogen-bond donors (Lipinski definition) is 2. The Bertz CT molecular complexity index is 687. The molecule has 0 aliphatic carbocycles. The van der Waals surface area contributed by atoms with Crippen LogP contribution in [0.15, 0.2) is 54.6 Å². The van der Waals surface area contributed by atoms with Crippen molar-refractivity contribution in [3.8, 4) is 11.1 Å². The van der Waals surface area contributed by atoms with E-state index < -0.39 is 0 Å². The standard InChI is InChI=1S/C21H26N2O2/c24-16-18-10-6-7-14-23(18)15-13-21(25)22-20-12-5-4-11-19(20)17-8-2-1-3-9-17/h1-5,8-9,11-12,18,24H,6-7,10,13-16H2,(H,22,25). The first-order valence-electron chi connectivity index (χ1n) is 9.07. The minimum atomic E-state index is 0.0191. The third-order valence-electron chi connectivity index (χ3n) is 4.87. The SMILES string of the molecule is O=C(CCN1CCCCC1CO)Nc1ccccc1-c1ccccc1. The number of nitrogens with zero attached hydrogens (tertiary/aromatic N) is 1. The molecule has 1 unspecified atom stereocenters. The smallest absolute Gasteiger partial charge is 0.225 e. The van der Waals surface area contributed by atoms with Gasteiger partial charge < -0.3 is 10.4 Å². The Balaban J connectivity index is 1.62. The summed E-state index contributed by atoms with van der Waals surface area (Å²) in [6, 6.07) is 18.2. The number of carbonyl (C=O) groups excluding carboxylic acids is 1. The summed E-state index contributed by atoms with van der Waals surface area (Å²) in [4.78, 5) is 14.7. The van der Waals surface area contributed by atoms with Gasteiger partial charge in [0.25, 0.3) is 0 Å². The zero-order valence-corrected chi connectivity index (χ0v) is 14.5. The molecule has 1 fully saturated rings. The van der Waals surface area contributed by atoms with Crippen LogP contribution in [0.1, 0.15) is 25.7 Å². The largest absolute Gasteiger partial charge is 0.395 e. The predicted molar refractivity (Wildman–Crippen MR) is 101 cm³/mol. The van der Waals surface area contributed by atoms with Gasteiger partial charge in [0.2, 0.25) is 5.91 Å². The summed E-state index contributed by atoms with van der Waals surface area (Å²) in [7, 11) is 0. The van der Waals surface area contributed by atoms with E-state index in [1.54, 1.807) is 0 Å². The van der Waals surface area contributed by atoms with Crippen LogP contribution in [0.2, 0.25) is 0 Å². The molecule has 0 bridgehead atoms. The van der Waals surface area contributed by atoms with Crippen molar-refractivity contribution in [1.82, 2.24) is 4.90 Å². The minimum absolute atomic E-state index is 0.0191. The van der Waals surface area contributed by atoms with Gasteiger partial charge in [0, 0.05) is 30.3 Å². The van der Waals surface area contributed by atoms with Crippen molar-refractivity contribution in [2.75, 3.05) is 25.0 Å². The minimum Gasteiger partial charge on any atom is -0.395 e. The molecule has 4 heteroatoms. The molecule has 2 N–H and O–H groups in total. The molecule has 2 aromatic carbocycles.